The second-order valence-electron chi connectivity index (χ2n) is 9.55. The van der Waals surface area contributed by atoms with E-state index in [2.05, 4.69) is 44.4 Å². The number of piperazine rings is 1. The van der Waals surface area contributed by atoms with Crippen LogP contribution in [0, 0.1) is 12.8 Å². The van der Waals surface area contributed by atoms with Crippen LogP contribution in [0.4, 0.5) is 17.5 Å². The van der Waals surface area contributed by atoms with E-state index in [-0.39, 0.29) is 5.91 Å². The van der Waals surface area contributed by atoms with Gasteiger partial charge in [0.05, 0.1) is 11.9 Å². The number of nitrogens with zero attached hydrogens (tertiary/aromatic N) is 6. The largest absolute Gasteiger partial charge is 0.439 e. The van der Waals surface area contributed by atoms with E-state index < -0.39 is 5.76 Å². The Bertz CT molecular complexity index is 1450. The first kappa shape index (κ1) is 24.4. The van der Waals surface area contributed by atoms with Crippen LogP contribution in [0.2, 0.25) is 0 Å². The van der Waals surface area contributed by atoms with Crippen molar-refractivity contribution in [3.8, 4) is 0 Å². The molecule has 192 valence electrons. The molecule has 3 aromatic heterocycles. The average molecular weight is 503 g/mol. The van der Waals surface area contributed by atoms with E-state index in [9.17, 15) is 9.59 Å². The molecule has 0 unspecified atom stereocenters. The zero-order chi connectivity index (χ0) is 25.9. The molecule has 0 saturated carbocycles. The molecule has 5 rings (SSSR count). The summed E-state index contributed by atoms with van der Waals surface area (Å²) in [6, 6.07) is 10.6. The molecule has 11 nitrogen and oxygen atoms in total. The van der Waals surface area contributed by atoms with Crippen LogP contribution in [0.1, 0.15) is 29.9 Å². The van der Waals surface area contributed by atoms with Crippen LogP contribution in [-0.4, -0.2) is 68.1 Å². The molecule has 1 fully saturated rings. The minimum Gasteiger partial charge on any atom is -0.406 e. The molecule has 37 heavy (non-hydrogen) atoms. The van der Waals surface area contributed by atoms with Crippen molar-refractivity contribution in [2.75, 3.05) is 43.5 Å². The smallest absolute Gasteiger partial charge is 0.406 e. The predicted molar refractivity (Wildman–Crippen MR) is 141 cm³/mol. The Hall–Kier alpha value is -4.25. The summed E-state index contributed by atoms with van der Waals surface area (Å²) in [5, 5.41) is 3.11. The summed E-state index contributed by atoms with van der Waals surface area (Å²) in [6.07, 6.45) is 3.24. The molecule has 1 amide bonds. The summed E-state index contributed by atoms with van der Waals surface area (Å²) in [7, 11) is 0. The summed E-state index contributed by atoms with van der Waals surface area (Å²) in [4.78, 5) is 42.7. The molecule has 1 aromatic carbocycles. The van der Waals surface area contributed by atoms with Crippen LogP contribution in [-0.2, 0) is 0 Å². The summed E-state index contributed by atoms with van der Waals surface area (Å²) in [6.45, 7) is 10.5. The number of nitrogens with one attached hydrogen (secondary N) is 2. The zero-order valence-corrected chi connectivity index (χ0v) is 21.1. The number of oxazole rings is 1. The summed E-state index contributed by atoms with van der Waals surface area (Å²) in [5.41, 5.74) is 5.88. The van der Waals surface area contributed by atoms with Crippen LogP contribution in [0.25, 0.3) is 11.1 Å². The lowest BCUT2D eigenvalue weighted by molar-refractivity contribution is 0.0618. The fraction of sp³-hybridized carbons (Fsp3) is 0.346. The Morgan fingerprint density at radius 2 is 1.84 bits per heavy atom. The van der Waals surface area contributed by atoms with Crippen LogP contribution in [0.5, 0.6) is 0 Å². The second kappa shape index (κ2) is 10.4. The number of aromatic nitrogens is 4. The third-order valence-corrected chi connectivity index (χ3v) is 6.20. The molecular formula is C26H30N8O3. The van der Waals surface area contributed by atoms with E-state index in [1.54, 1.807) is 42.7 Å². The second-order valence-corrected chi connectivity index (χ2v) is 9.55. The number of rotatable bonds is 7. The fourth-order valence-corrected chi connectivity index (χ4v) is 4.33. The van der Waals surface area contributed by atoms with Crippen molar-refractivity contribution in [1.29, 1.82) is 0 Å². The number of benzene rings is 1. The maximum atomic E-state index is 12.9. The normalized spacial score (nSPS) is 14.3. The van der Waals surface area contributed by atoms with Crippen LogP contribution < -0.4 is 16.5 Å². The van der Waals surface area contributed by atoms with Gasteiger partial charge in [-0.2, -0.15) is 9.66 Å². The van der Waals surface area contributed by atoms with E-state index >= 15 is 0 Å². The summed E-state index contributed by atoms with van der Waals surface area (Å²) < 4.78 is 6.58. The molecule has 0 spiro atoms. The molecule has 0 bridgehead atoms. The minimum absolute atomic E-state index is 0.0633. The molecule has 0 aliphatic carbocycles. The maximum Gasteiger partial charge on any atom is 0.439 e. The number of carbonyl (C=O) groups excluding carboxylic acids is 1. The van der Waals surface area contributed by atoms with Crippen molar-refractivity contribution in [3.63, 3.8) is 0 Å². The SMILES string of the molecule is Cc1cnc(Nc2ccc(C(=O)N3CCN(CC(C)C)CC3)nc2)nc1Nn1c(=O)oc2ccccc21. The average Bonchev–Trinajstić information content (AvgIpc) is 3.21. The van der Waals surface area contributed by atoms with Gasteiger partial charge >= 0.3 is 5.76 Å². The monoisotopic (exact) mass is 502 g/mol. The van der Waals surface area contributed by atoms with Gasteiger partial charge in [-0.25, -0.2) is 14.8 Å². The van der Waals surface area contributed by atoms with Gasteiger partial charge < -0.3 is 14.6 Å². The number of aryl methyl sites for hydroxylation is 1. The Kier molecular flexibility index (Phi) is 6.87. The first-order chi connectivity index (χ1) is 17.9. The number of anilines is 3. The Labute approximate surface area is 214 Å². The molecule has 2 N–H and O–H groups in total. The van der Waals surface area contributed by atoms with E-state index in [0.717, 1.165) is 25.2 Å². The minimum atomic E-state index is -0.542. The Morgan fingerprint density at radius 1 is 1.05 bits per heavy atom. The third-order valence-electron chi connectivity index (χ3n) is 6.20. The molecule has 4 aromatic rings. The van der Waals surface area contributed by atoms with Gasteiger partial charge in [0.1, 0.15) is 11.2 Å². The quantitative estimate of drug-likeness (QED) is 0.392. The Morgan fingerprint density at radius 3 is 2.57 bits per heavy atom. The molecular weight excluding hydrogens is 472 g/mol. The molecule has 1 saturated heterocycles. The summed E-state index contributed by atoms with van der Waals surface area (Å²) >= 11 is 0. The van der Waals surface area contributed by atoms with Crippen molar-refractivity contribution in [1.82, 2.24) is 29.4 Å². The third kappa shape index (κ3) is 5.46. The van der Waals surface area contributed by atoms with Crippen LogP contribution in [0.15, 0.2) is 58.0 Å². The molecule has 11 heteroatoms. The Balaban J connectivity index is 1.25. The van der Waals surface area contributed by atoms with Gasteiger partial charge in [0.2, 0.25) is 5.95 Å². The molecule has 1 aliphatic rings. The van der Waals surface area contributed by atoms with Gasteiger partial charge in [-0.1, -0.05) is 26.0 Å². The predicted octanol–water partition coefficient (Wildman–Crippen LogP) is 3.12. The van der Waals surface area contributed by atoms with Gasteiger partial charge in [0.25, 0.3) is 5.91 Å². The highest BCUT2D eigenvalue weighted by molar-refractivity contribution is 5.92. The van der Waals surface area contributed by atoms with Crippen LogP contribution >= 0.6 is 0 Å². The number of hydrogen-bond donors (Lipinski definition) is 2. The van der Waals surface area contributed by atoms with Gasteiger partial charge in [0, 0.05) is 44.5 Å². The number of para-hydroxylation sites is 2. The number of amides is 1. The van der Waals surface area contributed by atoms with Crippen LogP contribution in [0.3, 0.4) is 0 Å². The lowest BCUT2D eigenvalue weighted by Crippen LogP contribution is -2.49. The van der Waals surface area contributed by atoms with Crippen molar-refractivity contribution in [2.24, 2.45) is 5.92 Å². The van der Waals surface area contributed by atoms with Crippen molar-refractivity contribution < 1.29 is 9.21 Å². The van der Waals surface area contributed by atoms with Gasteiger partial charge in [0.15, 0.2) is 11.4 Å². The maximum absolute atomic E-state index is 12.9. The van der Waals surface area contributed by atoms with E-state index in [1.165, 1.54) is 4.68 Å². The highest BCUT2D eigenvalue weighted by atomic mass is 16.4. The first-order valence-electron chi connectivity index (χ1n) is 12.3. The highest BCUT2D eigenvalue weighted by Crippen LogP contribution is 2.19. The standard InChI is InChI=1S/C26H30N8O3/c1-17(2)16-32-10-12-33(13-11-32)24(35)20-9-8-19(15-27-20)29-25-28-14-18(3)23(30-25)31-34-21-6-4-5-7-22(21)37-26(34)36/h4-9,14-15,17H,10-13,16H2,1-3H3,(H2,28,29,30,31). The molecule has 0 atom stereocenters. The number of hydrogen-bond acceptors (Lipinski definition) is 9. The topological polar surface area (TPSA) is 121 Å². The molecule has 1 aliphatic heterocycles. The van der Waals surface area contributed by atoms with Crippen molar-refractivity contribution in [3.05, 3.63) is 70.6 Å². The molecule has 0 radical (unpaired) electrons. The number of pyridine rings is 1. The van der Waals surface area contributed by atoms with E-state index in [4.69, 9.17) is 4.42 Å². The lowest BCUT2D eigenvalue weighted by Gasteiger charge is -2.35. The van der Waals surface area contributed by atoms with Gasteiger partial charge in [-0.05, 0) is 37.1 Å². The first-order valence-corrected chi connectivity index (χ1v) is 12.3. The number of fused-ring (bicyclic) bond motifs is 1. The van der Waals surface area contributed by atoms with Crippen molar-refractivity contribution >= 4 is 34.5 Å². The van der Waals surface area contributed by atoms with E-state index in [0.29, 0.717) is 53.3 Å². The lowest BCUT2D eigenvalue weighted by atomic mass is 10.2. The molecule has 4 heterocycles. The summed E-state index contributed by atoms with van der Waals surface area (Å²) in [5.74, 6) is 0.770. The zero-order valence-electron chi connectivity index (χ0n) is 21.1. The highest BCUT2D eigenvalue weighted by Gasteiger charge is 2.23. The van der Waals surface area contributed by atoms with Gasteiger partial charge in [-0.3, -0.25) is 15.1 Å². The van der Waals surface area contributed by atoms with E-state index in [1.807, 2.05) is 17.9 Å². The fourth-order valence-electron chi connectivity index (χ4n) is 4.33. The number of carbonyl (C=O) groups is 1. The van der Waals surface area contributed by atoms with Gasteiger partial charge in [-0.15, -0.1) is 0 Å². The van der Waals surface area contributed by atoms with Crippen molar-refractivity contribution in [2.45, 2.75) is 20.8 Å².